The summed E-state index contributed by atoms with van der Waals surface area (Å²) in [7, 11) is -0.862. The monoisotopic (exact) mass is 267 g/mol. The lowest BCUT2D eigenvalue weighted by molar-refractivity contribution is 0.589. The van der Waals surface area contributed by atoms with Gasteiger partial charge in [0.25, 0.3) is 0 Å². The Bertz CT molecular complexity index is 378. The highest BCUT2D eigenvalue weighted by atomic mass is 32.2. The third-order valence-corrected chi connectivity index (χ3v) is 4.37. The fraction of sp³-hybridized carbons (Fsp3) is 0.600. The van der Waals surface area contributed by atoms with Crippen LogP contribution in [-0.2, 0) is 16.2 Å². The van der Waals surface area contributed by atoms with Gasteiger partial charge in [0.05, 0.1) is 10.8 Å². The summed E-state index contributed by atoms with van der Waals surface area (Å²) in [6, 6.07) is 8.20. The van der Waals surface area contributed by atoms with Crippen LogP contribution in [0.3, 0.4) is 0 Å². The largest absolute Gasteiger partial charge is 0.317 e. The molecule has 1 N–H and O–H groups in total. The smallest absolute Gasteiger partial charge is 0.0529 e. The van der Waals surface area contributed by atoms with Crippen molar-refractivity contribution in [3.63, 3.8) is 0 Å². The van der Waals surface area contributed by atoms with Crippen molar-refractivity contribution >= 4 is 10.8 Å². The van der Waals surface area contributed by atoms with E-state index in [2.05, 4.69) is 45.1 Å². The second kappa shape index (κ2) is 7.05. The van der Waals surface area contributed by atoms with E-state index in [0.29, 0.717) is 0 Å². The van der Waals surface area contributed by atoms with Gasteiger partial charge in [0.1, 0.15) is 0 Å². The first-order valence-corrected chi connectivity index (χ1v) is 7.96. The van der Waals surface area contributed by atoms with Gasteiger partial charge in [-0.25, -0.2) is 0 Å². The van der Waals surface area contributed by atoms with Crippen molar-refractivity contribution in [3.8, 4) is 0 Å². The summed E-state index contributed by atoms with van der Waals surface area (Å²) in [6.45, 7) is 10.6. The SMILES string of the molecule is CCNCCCS(=O)c1ccc(C(C)(C)C)cc1. The summed E-state index contributed by atoms with van der Waals surface area (Å²) in [5.41, 5.74) is 1.45. The van der Waals surface area contributed by atoms with Crippen LogP contribution in [0, 0.1) is 0 Å². The van der Waals surface area contributed by atoms with Crippen LogP contribution in [0.1, 0.15) is 39.7 Å². The molecule has 0 aliphatic carbocycles. The zero-order chi connectivity index (χ0) is 13.6. The van der Waals surface area contributed by atoms with Crippen molar-refractivity contribution < 1.29 is 4.21 Å². The molecule has 0 amide bonds. The Morgan fingerprint density at radius 2 is 1.78 bits per heavy atom. The van der Waals surface area contributed by atoms with Crippen LogP contribution in [0.25, 0.3) is 0 Å². The van der Waals surface area contributed by atoms with Gasteiger partial charge < -0.3 is 5.32 Å². The molecule has 1 rings (SSSR count). The van der Waals surface area contributed by atoms with Crippen LogP contribution >= 0.6 is 0 Å². The summed E-state index contributed by atoms with van der Waals surface area (Å²) in [5, 5.41) is 3.25. The number of hydrogen-bond acceptors (Lipinski definition) is 2. The first-order chi connectivity index (χ1) is 8.45. The van der Waals surface area contributed by atoms with Crippen molar-refractivity contribution in [2.45, 2.75) is 44.4 Å². The average molecular weight is 267 g/mol. The standard InChI is InChI=1S/C15H25NOS/c1-5-16-11-6-12-18(17)14-9-7-13(8-10-14)15(2,3)4/h7-10,16H,5-6,11-12H2,1-4H3. The van der Waals surface area contributed by atoms with Crippen molar-refractivity contribution in [3.05, 3.63) is 29.8 Å². The van der Waals surface area contributed by atoms with Gasteiger partial charge in [-0.05, 0) is 42.6 Å². The second-order valence-corrected chi connectivity index (χ2v) is 7.10. The topological polar surface area (TPSA) is 29.1 Å². The molecule has 0 heterocycles. The van der Waals surface area contributed by atoms with Gasteiger partial charge in [-0.1, -0.05) is 39.8 Å². The van der Waals surface area contributed by atoms with E-state index in [4.69, 9.17) is 0 Å². The van der Waals surface area contributed by atoms with E-state index in [-0.39, 0.29) is 5.41 Å². The molecular weight excluding hydrogens is 242 g/mol. The minimum Gasteiger partial charge on any atom is -0.317 e. The van der Waals surface area contributed by atoms with E-state index >= 15 is 0 Å². The highest BCUT2D eigenvalue weighted by molar-refractivity contribution is 7.85. The van der Waals surface area contributed by atoms with E-state index in [1.165, 1.54) is 5.56 Å². The van der Waals surface area contributed by atoms with E-state index < -0.39 is 10.8 Å². The highest BCUT2D eigenvalue weighted by Gasteiger charge is 2.13. The lowest BCUT2D eigenvalue weighted by Gasteiger charge is -2.19. The number of hydrogen-bond donors (Lipinski definition) is 1. The highest BCUT2D eigenvalue weighted by Crippen LogP contribution is 2.23. The lowest BCUT2D eigenvalue weighted by Crippen LogP contribution is -2.16. The molecule has 0 bridgehead atoms. The zero-order valence-corrected chi connectivity index (χ0v) is 12.8. The second-order valence-electron chi connectivity index (χ2n) is 5.53. The van der Waals surface area contributed by atoms with Gasteiger partial charge in [0, 0.05) is 10.6 Å². The molecule has 3 heteroatoms. The first kappa shape index (κ1) is 15.4. The normalized spacial score (nSPS) is 13.6. The van der Waals surface area contributed by atoms with Crippen LogP contribution in [0.4, 0.5) is 0 Å². The third kappa shape index (κ3) is 4.91. The zero-order valence-electron chi connectivity index (χ0n) is 12.0. The maximum absolute atomic E-state index is 12.1. The van der Waals surface area contributed by atoms with Crippen molar-refractivity contribution in [2.75, 3.05) is 18.8 Å². The van der Waals surface area contributed by atoms with E-state index in [0.717, 1.165) is 30.2 Å². The molecule has 2 nitrogen and oxygen atoms in total. The van der Waals surface area contributed by atoms with Gasteiger partial charge in [0.2, 0.25) is 0 Å². The van der Waals surface area contributed by atoms with Gasteiger partial charge in [-0.2, -0.15) is 0 Å². The van der Waals surface area contributed by atoms with Crippen molar-refractivity contribution in [1.82, 2.24) is 5.32 Å². The van der Waals surface area contributed by atoms with Crippen LogP contribution in [0.2, 0.25) is 0 Å². The van der Waals surface area contributed by atoms with E-state index in [9.17, 15) is 4.21 Å². The molecule has 0 radical (unpaired) electrons. The summed E-state index contributed by atoms with van der Waals surface area (Å²) in [6.07, 6.45) is 0.960. The predicted octanol–water partition coefficient (Wildman–Crippen LogP) is 3.09. The summed E-state index contributed by atoms with van der Waals surface area (Å²) >= 11 is 0. The molecule has 0 aromatic heterocycles. The molecule has 1 unspecified atom stereocenters. The molecule has 0 aliphatic rings. The van der Waals surface area contributed by atoms with Crippen LogP contribution in [0.15, 0.2) is 29.2 Å². The molecule has 102 valence electrons. The van der Waals surface area contributed by atoms with E-state index in [1.54, 1.807) is 0 Å². The molecule has 0 aliphatic heterocycles. The Morgan fingerprint density at radius 1 is 1.17 bits per heavy atom. The minimum atomic E-state index is -0.862. The Hall–Kier alpha value is -0.670. The summed E-state index contributed by atoms with van der Waals surface area (Å²) in [4.78, 5) is 0.944. The molecule has 0 saturated carbocycles. The Balaban J connectivity index is 2.54. The number of rotatable bonds is 6. The average Bonchev–Trinajstić information content (AvgIpc) is 2.33. The molecule has 0 spiro atoms. The predicted molar refractivity (Wildman–Crippen MR) is 79.6 cm³/mol. The van der Waals surface area contributed by atoms with Crippen molar-refractivity contribution in [2.24, 2.45) is 0 Å². The fourth-order valence-electron chi connectivity index (χ4n) is 1.73. The maximum Gasteiger partial charge on any atom is 0.0529 e. The van der Waals surface area contributed by atoms with Gasteiger partial charge in [0.15, 0.2) is 0 Å². The Kier molecular flexibility index (Phi) is 6.03. The number of nitrogens with one attached hydrogen (secondary N) is 1. The first-order valence-electron chi connectivity index (χ1n) is 6.65. The third-order valence-electron chi connectivity index (χ3n) is 2.92. The molecule has 1 aromatic rings. The molecule has 0 fully saturated rings. The lowest BCUT2D eigenvalue weighted by atomic mass is 9.87. The van der Waals surface area contributed by atoms with Crippen LogP contribution in [0.5, 0.6) is 0 Å². The maximum atomic E-state index is 12.1. The molecular formula is C15H25NOS. The molecule has 1 aromatic carbocycles. The van der Waals surface area contributed by atoms with E-state index in [1.807, 2.05) is 12.1 Å². The van der Waals surface area contributed by atoms with Gasteiger partial charge in [-0.3, -0.25) is 4.21 Å². The van der Waals surface area contributed by atoms with Gasteiger partial charge in [-0.15, -0.1) is 0 Å². The Labute approximate surface area is 114 Å². The molecule has 0 saturated heterocycles. The fourth-order valence-corrected chi connectivity index (χ4v) is 2.81. The summed E-state index contributed by atoms with van der Waals surface area (Å²) < 4.78 is 12.1. The molecule has 18 heavy (non-hydrogen) atoms. The summed E-state index contributed by atoms with van der Waals surface area (Å²) in [5.74, 6) is 0.738. The number of benzene rings is 1. The quantitative estimate of drug-likeness (QED) is 0.803. The van der Waals surface area contributed by atoms with Gasteiger partial charge >= 0.3 is 0 Å². The molecule has 1 atom stereocenters. The van der Waals surface area contributed by atoms with Crippen LogP contribution < -0.4 is 5.32 Å². The van der Waals surface area contributed by atoms with Crippen LogP contribution in [-0.4, -0.2) is 23.1 Å². The van der Waals surface area contributed by atoms with Crippen molar-refractivity contribution in [1.29, 1.82) is 0 Å². The minimum absolute atomic E-state index is 0.158. The Morgan fingerprint density at radius 3 is 2.28 bits per heavy atom.